The lowest BCUT2D eigenvalue weighted by Crippen LogP contribution is -2.31. The van der Waals surface area contributed by atoms with Crippen LogP contribution in [-0.4, -0.2) is 63.7 Å². The largest absolute Gasteiger partial charge is 0.377 e. The van der Waals surface area contributed by atoms with Crippen LogP contribution in [0.25, 0.3) is 0 Å². The van der Waals surface area contributed by atoms with Crippen molar-refractivity contribution in [1.82, 2.24) is 5.32 Å². The fourth-order valence-corrected chi connectivity index (χ4v) is 2.10. The van der Waals surface area contributed by atoms with Gasteiger partial charge in [0.1, 0.15) is 19.0 Å². The van der Waals surface area contributed by atoms with E-state index in [0.29, 0.717) is 52.2 Å². The maximum atomic E-state index is 11.6. The number of rotatable bonds is 19. The minimum atomic E-state index is -0.150. The molecular formula is C19H35NO6. The van der Waals surface area contributed by atoms with Crippen molar-refractivity contribution < 1.29 is 28.6 Å². The highest BCUT2D eigenvalue weighted by atomic mass is 16.5. The molecule has 0 aromatic carbocycles. The molecule has 0 aliphatic rings. The van der Waals surface area contributed by atoms with Gasteiger partial charge in [-0.2, -0.15) is 0 Å². The molecule has 152 valence electrons. The minimum Gasteiger partial charge on any atom is -0.377 e. The summed E-state index contributed by atoms with van der Waals surface area (Å²) in [7, 11) is 0. The summed E-state index contributed by atoms with van der Waals surface area (Å²) in [5, 5.41) is 2.69. The summed E-state index contributed by atoms with van der Waals surface area (Å²) < 4.78 is 15.7. The Hall–Kier alpha value is -1.31. The van der Waals surface area contributed by atoms with E-state index in [0.717, 1.165) is 25.7 Å². The summed E-state index contributed by atoms with van der Waals surface area (Å²) in [6.07, 6.45) is 5.15. The van der Waals surface area contributed by atoms with Gasteiger partial charge in [-0.25, -0.2) is 0 Å². The summed E-state index contributed by atoms with van der Waals surface area (Å²) in [6.45, 7) is 6.17. The lowest BCUT2D eigenvalue weighted by atomic mass is 10.1. The van der Waals surface area contributed by atoms with Crippen LogP contribution in [0.5, 0.6) is 0 Å². The van der Waals surface area contributed by atoms with Crippen molar-refractivity contribution in [2.45, 2.75) is 58.8 Å². The van der Waals surface area contributed by atoms with Gasteiger partial charge in [0.25, 0.3) is 0 Å². The fraction of sp³-hybridized carbons (Fsp3) is 0.842. The number of ketones is 2. The zero-order chi connectivity index (χ0) is 19.5. The second-order valence-corrected chi connectivity index (χ2v) is 6.06. The molecular weight excluding hydrogens is 338 g/mol. The fourth-order valence-electron chi connectivity index (χ4n) is 2.10. The van der Waals surface area contributed by atoms with Crippen LogP contribution < -0.4 is 5.32 Å². The first-order valence-electron chi connectivity index (χ1n) is 9.63. The Kier molecular flexibility index (Phi) is 17.5. The number of unbranched alkanes of at least 4 members (excludes halogenated alkanes) is 2. The number of ether oxygens (including phenoxy) is 3. The first-order valence-corrected chi connectivity index (χ1v) is 9.63. The number of hydrogen-bond acceptors (Lipinski definition) is 6. The van der Waals surface area contributed by atoms with E-state index < -0.39 is 0 Å². The first kappa shape index (κ1) is 24.7. The van der Waals surface area contributed by atoms with Crippen LogP contribution in [0.1, 0.15) is 58.8 Å². The third-order valence-electron chi connectivity index (χ3n) is 3.59. The van der Waals surface area contributed by atoms with E-state index in [4.69, 9.17) is 14.2 Å². The number of Topliss-reactive ketones (excluding diaryl/α,β-unsaturated/α-hetero) is 2. The molecule has 0 unspecified atom stereocenters. The van der Waals surface area contributed by atoms with Crippen molar-refractivity contribution in [3.8, 4) is 0 Å². The number of hydrogen-bond donors (Lipinski definition) is 1. The lowest BCUT2D eigenvalue weighted by Gasteiger charge is -2.07. The molecule has 0 radical (unpaired) electrons. The summed E-state index contributed by atoms with van der Waals surface area (Å²) in [6, 6.07) is 0. The Balaban J connectivity index is 3.30. The van der Waals surface area contributed by atoms with E-state index in [9.17, 15) is 14.4 Å². The number of amides is 1. The van der Waals surface area contributed by atoms with Crippen LogP contribution in [0.15, 0.2) is 0 Å². The monoisotopic (exact) mass is 373 g/mol. The second-order valence-electron chi connectivity index (χ2n) is 6.06. The van der Waals surface area contributed by atoms with Gasteiger partial charge in [0.05, 0.1) is 19.8 Å². The molecule has 0 aromatic heterocycles. The van der Waals surface area contributed by atoms with E-state index in [1.807, 2.05) is 13.8 Å². The maximum Gasteiger partial charge on any atom is 0.246 e. The van der Waals surface area contributed by atoms with Crippen LogP contribution in [0.4, 0.5) is 0 Å². The summed E-state index contributed by atoms with van der Waals surface area (Å²) >= 11 is 0. The molecule has 0 rings (SSSR count). The molecule has 26 heavy (non-hydrogen) atoms. The van der Waals surface area contributed by atoms with Gasteiger partial charge >= 0.3 is 0 Å². The highest BCUT2D eigenvalue weighted by Crippen LogP contribution is 2.05. The van der Waals surface area contributed by atoms with Crippen LogP contribution in [0.3, 0.4) is 0 Å². The Morgan fingerprint density at radius 3 is 2.08 bits per heavy atom. The van der Waals surface area contributed by atoms with Gasteiger partial charge in [0.2, 0.25) is 5.91 Å². The minimum absolute atomic E-state index is 0.0751. The molecule has 0 aromatic rings. The van der Waals surface area contributed by atoms with Crippen molar-refractivity contribution in [1.29, 1.82) is 0 Å². The maximum absolute atomic E-state index is 11.6. The highest BCUT2D eigenvalue weighted by Gasteiger charge is 2.04. The summed E-state index contributed by atoms with van der Waals surface area (Å²) in [4.78, 5) is 34.1. The smallest absolute Gasteiger partial charge is 0.246 e. The summed E-state index contributed by atoms with van der Waals surface area (Å²) in [5.41, 5.74) is 0. The van der Waals surface area contributed by atoms with Crippen molar-refractivity contribution in [2.75, 3.05) is 46.2 Å². The lowest BCUT2D eigenvalue weighted by molar-refractivity contribution is -0.126. The molecule has 0 atom stereocenters. The number of carbonyl (C=O) groups is 3. The zero-order valence-electron chi connectivity index (χ0n) is 16.3. The topological polar surface area (TPSA) is 90.9 Å². The number of carbonyl (C=O) groups excluding carboxylic acids is 3. The van der Waals surface area contributed by atoms with Crippen molar-refractivity contribution >= 4 is 17.5 Å². The van der Waals surface area contributed by atoms with Gasteiger partial charge < -0.3 is 19.5 Å². The van der Waals surface area contributed by atoms with Gasteiger partial charge in [-0.05, 0) is 19.3 Å². The van der Waals surface area contributed by atoms with Crippen molar-refractivity contribution in [3.05, 3.63) is 0 Å². The predicted octanol–water partition coefficient (Wildman–Crippen LogP) is 2.06. The van der Waals surface area contributed by atoms with Crippen LogP contribution in [0, 0.1) is 0 Å². The van der Waals surface area contributed by atoms with E-state index >= 15 is 0 Å². The molecule has 0 fully saturated rings. The van der Waals surface area contributed by atoms with Gasteiger partial charge in [-0.3, -0.25) is 14.4 Å². The molecule has 1 amide bonds. The Bertz CT molecular complexity index is 386. The van der Waals surface area contributed by atoms with Crippen molar-refractivity contribution in [3.63, 3.8) is 0 Å². The van der Waals surface area contributed by atoms with Gasteiger partial charge in [0, 0.05) is 32.4 Å². The third-order valence-corrected chi connectivity index (χ3v) is 3.59. The average molecular weight is 373 g/mol. The Morgan fingerprint density at radius 1 is 0.731 bits per heavy atom. The molecule has 0 bridgehead atoms. The molecule has 0 saturated heterocycles. The Morgan fingerprint density at radius 2 is 1.38 bits per heavy atom. The standard InChI is InChI=1S/C19H35NO6/c1-3-11-25-16-19(23)20-10-12-24-13-14-26-15-18(22)9-7-5-6-8-17(21)4-2/h3-16H2,1-2H3,(H,20,23). The van der Waals surface area contributed by atoms with Gasteiger partial charge in [-0.1, -0.05) is 20.3 Å². The molecule has 0 heterocycles. The summed E-state index contributed by atoms with van der Waals surface area (Å²) in [5.74, 6) is 0.207. The van der Waals surface area contributed by atoms with E-state index in [1.165, 1.54) is 0 Å². The van der Waals surface area contributed by atoms with E-state index in [-0.39, 0.29) is 30.7 Å². The zero-order valence-corrected chi connectivity index (χ0v) is 16.3. The molecule has 1 N–H and O–H groups in total. The predicted molar refractivity (Wildman–Crippen MR) is 99.1 cm³/mol. The average Bonchev–Trinajstić information content (AvgIpc) is 2.63. The second kappa shape index (κ2) is 18.5. The molecule has 7 heteroatoms. The van der Waals surface area contributed by atoms with Crippen LogP contribution in [-0.2, 0) is 28.6 Å². The SMILES string of the molecule is CCCOCC(=O)NCCOCCOCC(=O)CCCCCC(=O)CC. The normalized spacial score (nSPS) is 10.7. The van der Waals surface area contributed by atoms with Crippen LogP contribution in [0.2, 0.25) is 0 Å². The first-order chi connectivity index (χ1) is 12.6. The quantitative estimate of drug-likeness (QED) is 0.349. The van der Waals surface area contributed by atoms with Gasteiger partial charge in [-0.15, -0.1) is 0 Å². The number of nitrogens with one attached hydrogen (secondary N) is 1. The van der Waals surface area contributed by atoms with E-state index in [2.05, 4.69) is 5.32 Å². The molecule has 0 aliphatic heterocycles. The molecule has 0 spiro atoms. The third kappa shape index (κ3) is 17.5. The Labute approximate surface area is 157 Å². The highest BCUT2D eigenvalue weighted by molar-refractivity contribution is 5.79. The molecule has 7 nitrogen and oxygen atoms in total. The van der Waals surface area contributed by atoms with Crippen molar-refractivity contribution in [2.24, 2.45) is 0 Å². The van der Waals surface area contributed by atoms with Crippen LogP contribution >= 0.6 is 0 Å². The van der Waals surface area contributed by atoms with E-state index in [1.54, 1.807) is 0 Å². The molecule has 0 saturated carbocycles. The van der Waals surface area contributed by atoms with Gasteiger partial charge in [0.15, 0.2) is 5.78 Å². The molecule has 0 aliphatic carbocycles.